The fourth-order valence-corrected chi connectivity index (χ4v) is 2.76. The number of piperazine rings is 1. The van der Waals surface area contributed by atoms with Gasteiger partial charge in [0.15, 0.2) is 5.65 Å². The number of anilines is 1. The van der Waals surface area contributed by atoms with Gasteiger partial charge in [-0.05, 0) is 19.9 Å². The quantitative estimate of drug-likeness (QED) is 0.789. The Morgan fingerprint density at radius 2 is 1.86 bits per heavy atom. The topological polar surface area (TPSA) is 67.2 Å². The third kappa shape index (κ3) is 2.27. The smallest absolute Gasteiger partial charge is 0.270 e. The molecular weight excluding hydrogens is 268 g/mol. The summed E-state index contributed by atoms with van der Waals surface area (Å²) in [6.45, 7) is 3.83. The molecule has 0 unspecified atom stereocenters. The highest BCUT2D eigenvalue weighted by Crippen LogP contribution is 2.35. The fraction of sp³-hybridized carbons (Fsp3) is 0.571. The van der Waals surface area contributed by atoms with Gasteiger partial charge in [0.25, 0.3) is 5.56 Å². The van der Waals surface area contributed by atoms with E-state index in [0.717, 1.165) is 39.0 Å². The summed E-state index contributed by atoms with van der Waals surface area (Å²) in [5.74, 6) is 0.706. The van der Waals surface area contributed by atoms with Gasteiger partial charge in [-0.2, -0.15) is 4.98 Å². The Morgan fingerprint density at radius 1 is 1.10 bits per heavy atom. The van der Waals surface area contributed by atoms with Crippen molar-refractivity contribution >= 4 is 17.1 Å². The molecule has 0 radical (unpaired) electrons. The first kappa shape index (κ1) is 12.7. The lowest BCUT2D eigenvalue weighted by Gasteiger charge is -2.32. The van der Waals surface area contributed by atoms with Crippen molar-refractivity contribution in [2.75, 3.05) is 38.1 Å². The molecule has 1 saturated carbocycles. The average molecular weight is 286 g/mol. The molecule has 0 aromatic carbocycles. The predicted molar refractivity (Wildman–Crippen MR) is 79.6 cm³/mol. The van der Waals surface area contributed by atoms with E-state index >= 15 is 0 Å². The van der Waals surface area contributed by atoms with Crippen molar-refractivity contribution in [3.8, 4) is 0 Å². The van der Waals surface area contributed by atoms with Crippen molar-refractivity contribution in [1.82, 2.24) is 24.4 Å². The molecule has 3 heterocycles. The summed E-state index contributed by atoms with van der Waals surface area (Å²) in [7, 11) is 2.12. The van der Waals surface area contributed by atoms with E-state index in [1.54, 1.807) is 10.8 Å². The summed E-state index contributed by atoms with van der Waals surface area (Å²) in [5, 5.41) is 0. The van der Waals surface area contributed by atoms with Gasteiger partial charge in [-0.25, -0.2) is 9.97 Å². The van der Waals surface area contributed by atoms with Crippen LogP contribution in [0.15, 0.2) is 17.2 Å². The van der Waals surface area contributed by atoms with Gasteiger partial charge in [0.1, 0.15) is 5.52 Å². The molecule has 0 N–H and O–H groups in total. The lowest BCUT2D eigenvalue weighted by atomic mass is 10.3. The molecule has 1 aliphatic heterocycles. The highest BCUT2D eigenvalue weighted by atomic mass is 16.1. The standard InChI is InChI=1S/C14H18N6O/c1-18-4-6-19(7-5-18)14-16-8-11-13(17-14)20(10-2-3-10)12(21)9-15-11/h8-10H,2-7H2,1H3. The van der Waals surface area contributed by atoms with Crippen LogP contribution in [-0.2, 0) is 0 Å². The maximum absolute atomic E-state index is 12.1. The first-order valence-electron chi connectivity index (χ1n) is 7.40. The van der Waals surface area contributed by atoms with Crippen LogP contribution in [0.1, 0.15) is 18.9 Å². The van der Waals surface area contributed by atoms with E-state index in [0.29, 0.717) is 23.2 Å². The molecule has 1 aliphatic carbocycles. The normalized spacial score (nSPS) is 20.1. The van der Waals surface area contributed by atoms with Gasteiger partial charge in [0, 0.05) is 32.2 Å². The summed E-state index contributed by atoms with van der Waals surface area (Å²) in [4.78, 5) is 29.8. The second-order valence-corrected chi connectivity index (χ2v) is 5.87. The second kappa shape index (κ2) is 4.77. The van der Waals surface area contributed by atoms with E-state index in [-0.39, 0.29) is 5.56 Å². The lowest BCUT2D eigenvalue weighted by Crippen LogP contribution is -2.45. The third-order valence-corrected chi connectivity index (χ3v) is 4.22. The molecule has 7 heteroatoms. The zero-order valence-electron chi connectivity index (χ0n) is 12.1. The molecule has 1 saturated heterocycles. The number of nitrogens with zero attached hydrogens (tertiary/aromatic N) is 6. The molecule has 2 aliphatic rings. The van der Waals surface area contributed by atoms with Crippen LogP contribution in [0.25, 0.3) is 11.2 Å². The summed E-state index contributed by atoms with van der Waals surface area (Å²) in [5.41, 5.74) is 1.31. The van der Waals surface area contributed by atoms with Crippen LogP contribution in [-0.4, -0.2) is 57.6 Å². The van der Waals surface area contributed by atoms with Gasteiger partial charge in [0.05, 0.1) is 12.4 Å². The van der Waals surface area contributed by atoms with E-state index < -0.39 is 0 Å². The summed E-state index contributed by atoms with van der Waals surface area (Å²) in [6.07, 6.45) is 5.20. The largest absolute Gasteiger partial charge is 0.338 e. The Hall–Kier alpha value is -2.02. The molecule has 110 valence electrons. The number of hydrogen-bond acceptors (Lipinski definition) is 6. The maximum atomic E-state index is 12.1. The molecule has 4 rings (SSSR count). The highest BCUT2D eigenvalue weighted by molar-refractivity contribution is 5.70. The fourth-order valence-electron chi connectivity index (χ4n) is 2.76. The van der Waals surface area contributed by atoms with E-state index in [4.69, 9.17) is 0 Å². The van der Waals surface area contributed by atoms with Gasteiger partial charge < -0.3 is 9.80 Å². The van der Waals surface area contributed by atoms with E-state index in [2.05, 4.69) is 31.8 Å². The SMILES string of the molecule is CN1CCN(c2ncc3ncc(=O)n(C4CC4)c3n2)CC1. The molecule has 2 aromatic rings. The maximum Gasteiger partial charge on any atom is 0.270 e. The van der Waals surface area contributed by atoms with Gasteiger partial charge in [-0.3, -0.25) is 9.36 Å². The zero-order valence-corrected chi connectivity index (χ0v) is 12.1. The van der Waals surface area contributed by atoms with Crippen LogP contribution in [0.4, 0.5) is 5.95 Å². The first-order valence-corrected chi connectivity index (χ1v) is 7.40. The number of fused-ring (bicyclic) bond motifs is 1. The molecule has 2 fully saturated rings. The van der Waals surface area contributed by atoms with Gasteiger partial charge >= 0.3 is 0 Å². The Morgan fingerprint density at radius 3 is 2.57 bits per heavy atom. The molecular formula is C14H18N6O. The monoisotopic (exact) mass is 286 g/mol. The Balaban J connectivity index is 1.78. The number of aromatic nitrogens is 4. The summed E-state index contributed by atoms with van der Waals surface area (Å²) < 4.78 is 1.78. The van der Waals surface area contributed by atoms with Crippen molar-refractivity contribution in [3.63, 3.8) is 0 Å². The summed E-state index contributed by atoms with van der Waals surface area (Å²) in [6, 6.07) is 0.290. The second-order valence-electron chi connectivity index (χ2n) is 5.87. The molecule has 7 nitrogen and oxygen atoms in total. The van der Waals surface area contributed by atoms with Crippen molar-refractivity contribution < 1.29 is 0 Å². The van der Waals surface area contributed by atoms with Crippen molar-refractivity contribution in [2.45, 2.75) is 18.9 Å². The van der Waals surface area contributed by atoms with Gasteiger partial charge in [0.2, 0.25) is 5.95 Å². The van der Waals surface area contributed by atoms with E-state index in [9.17, 15) is 4.79 Å². The molecule has 0 amide bonds. The number of rotatable bonds is 2. The van der Waals surface area contributed by atoms with Crippen LogP contribution in [0, 0.1) is 0 Å². The van der Waals surface area contributed by atoms with Crippen LogP contribution in [0.3, 0.4) is 0 Å². The van der Waals surface area contributed by atoms with Gasteiger partial charge in [-0.1, -0.05) is 0 Å². The molecule has 0 spiro atoms. The first-order chi connectivity index (χ1) is 10.2. The zero-order chi connectivity index (χ0) is 14.4. The minimum Gasteiger partial charge on any atom is -0.338 e. The Labute approximate surface area is 122 Å². The van der Waals surface area contributed by atoms with Crippen molar-refractivity contribution in [2.24, 2.45) is 0 Å². The van der Waals surface area contributed by atoms with Crippen LogP contribution in [0.5, 0.6) is 0 Å². The van der Waals surface area contributed by atoms with Gasteiger partial charge in [-0.15, -0.1) is 0 Å². The highest BCUT2D eigenvalue weighted by Gasteiger charge is 2.27. The van der Waals surface area contributed by atoms with Crippen molar-refractivity contribution in [1.29, 1.82) is 0 Å². The van der Waals surface area contributed by atoms with Crippen molar-refractivity contribution in [3.05, 3.63) is 22.7 Å². The number of likely N-dealkylation sites (N-methyl/N-ethyl adjacent to an activating group) is 1. The molecule has 2 aromatic heterocycles. The Kier molecular flexibility index (Phi) is 2.88. The Bertz CT molecular complexity index is 730. The van der Waals surface area contributed by atoms with E-state index in [1.807, 2.05) is 0 Å². The van der Waals surface area contributed by atoms with Crippen LogP contribution < -0.4 is 10.5 Å². The minimum absolute atomic E-state index is 0.0620. The molecule has 0 atom stereocenters. The number of hydrogen-bond donors (Lipinski definition) is 0. The predicted octanol–water partition coefficient (Wildman–Crippen LogP) is 0.273. The molecule has 0 bridgehead atoms. The average Bonchev–Trinajstić information content (AvgIpc) is 3.32. The minimum atomic E-state index is -0.0620. The van der Waals surface area contributed by atoms with Crippen LogP contribution in [0.2, 0.25) is 0 Å². The molecule has 21 heavy (non-hydrogen) atoms. The summed E-state index contributed by atoms with van der Waals surface area (Å²) >= 11 is 0. The van der Waals surface area contributed by atoms with Crippen LogP contribution >= 0.6 is 0 Å². The lowest BCUT2D eigenvalue weighted by molar-refractivity contribution is 0.311. The third-order valence-electron chi connectivity index (χ3n) is 4.22. The van der Waals surface area contributed by atoms with E-state index in [1.165, 1.54) is 6.20 Å².